The Morgan fingerprint density at radius 1 is 0.727 bits per heavy atom. The van der Waals surface area contributed by atoms with Crippen molar-refractivity contribution in [2.75, 3.05) is 39.6 Å². The highest BCUT2D eigenvalue weighted by Gasteiger charge is 2.40. The molecule has 302 valence electrons. The molecule has 0 radical (unpaired) electrons. The van der Waals surface area contributed by atoms with Gasteiger partial charge in [-0.3, -0.25) is 0 Å². The molecule has 0 amide bonds. The van der Waals surface area contributed by atoms with Crippen molar-refractivity contribution in [1.82, 2.24) is 0 Å². The lowest BCUT2D eigenvalue weighted by Crippen LogP contribution is -2.42. The van der Waals surface area contributed by atoms with Gasteiger partial charge in [0.25, 0.3) is 0 Å². The fraction of sp³-hybridized carbons (Fsp3) is 0.511. The number of aliphatic hydroxyl groups is 3. The molecule has 0 aliphatic rings. The molecule has 1 unspecified atom stereocenters. The fourth-order valence-corrected chi connectivity index (χ4v) is 6.39. The van der Waals surface area contributed by atoms with Crippen molar-refractivity contribution in [3.8, 4) is 22.6 Å². The molecule has 3 aromatic rings. The van der Waals surface area contributed by atoms with Gasteiger partial charge in [0, 0.05) is 16.6 Å². The molecule has 0 heterocycles. The van der Waals surface area contributed by atoms with E-state index >= 15 is 0 Å². The number of hydrogen-bond donors (Lipinski definition) is 3. The van der Waals surface area contributed by atoms with E-state index in [1.165, 1.54) is 30.4 Å². The maximum Gasteiger partial charge on any atom is 0.333 e. The third-order valence-corrected chi connectivity index (χ3v) is 10.5. The number of benzene rings is 3. The maximum atomic E-state index is 12.0. The van der Waals surface area contributed by atoms with Crippen LogP contribution in [0.4, 0.5) is 0 Å². The van der Waals surface area contributed by atoms with E-state index in [0.29, 0.717) is 48.5 Å². The molecular weight excluding hydrogens is 693 g/mol. The van der Waals surface area contributed by atoms with Crippen LogP contribution in [0.3, 0.4) is 0 Å². The number of aliphatic hydroxyl groups excluding tert-OH is 3. The van der Waals surface area contributed by atoms with Gasteiger partial charge in [-0.25, -0.2) is 4.79 Å². The molecule has 0 aliphatic carbocycles. The first-order chi connectivity index (χ1) is 26.2. The molecular formula is C47H66O8. The monoisotopic (exact) mass is 758 g/mol. The van der Waals surface area contributed by atoms with Gasteiger partial charge in [0.05, 0.1) is 26.4 Å². The molecule has 1 atom stereocenters. The third kappa shape index (κ3) is 14.3. The topological polar surface area (TPSA) is 115 Å². The van der Waals surface area contributed by atoms with Gasteiger partial charge in [0.15, 0.2) is 6.29 Å². The van der Waals surface area contributed by atoms with Gasteiger partial charge in [-0.15, -0.1) is 0 Å². The summed E-state index contributed by atoms with van der Waals surface area (Å²) in [6, 6.07) is 21.2. The second-order valence-electron chi connectivity index (χ2n) is 15.8. The SMILES string of the molecule is C=C(C)C(=O)OCCOc1cc(CCc2ccc(CCCCC)cc2)ccc1-c1ccc(OCCCC(CO)(CO)C(C)(C)C)c(CCOC(O)C(=C)C)c1. The second-order valence-corrected chi connectivity index (χ2v) is 15.8. The van der Waals surface area contributed by atoms with Gasteiger partial charge < -0.3 is 34.3 Å². The lowest BCUT2D eigenvalue weighted by atomic mass is 9.65. The minimum atomic E-state index is -1.06. The summed E-state index contributed by atoms with van der Waals surface area (Å²) >= 11 is 0. The number of rotatable bonds is 25. The van der Waals surface area contributed by atoms with Crippen LogP contribution in [0.25, 0.3) is 11.1 Å². The molecule has 0 aliphatic heterocycles. The Morgan fingerprint density at radius 3 is 1.98 bits per heavy atom. The van der Waals surface area contributed by atoms with Crippen molar-refractivity contribution < 1.29 is 39.1 Å². The Bertz CT molecular complexity index is 1650. The maximum absolute atomic E-state index is 12.0. The first-order valence-corrected chi connectivity index (χ1v) is 19.8. The van der Waals surface area contributed by atoms with E-state index < -0.39 is 17.7 Å². The number of unbranched alkanes of at least 4 members (excludes halogenated alkanes) is 2. The van der Waals surface area contributed by atoms with Crippen molar-refractivity contribution in [3.05, 3.63) is 107 Å². The minimum Gasteiger partial charge on any atom is -0.493 e. The summed E-state index contributed by atoms with van der Waals surface area (Å²) in [6.07, 6.45) is 7.18. The summed E-state index contributed by atoms with van der Waals surface area (Å²) in [5, 5.41) is 30.6. The summed E-state index contributed by atoms with van der Waals surface area (Å²) in [6.45, 7) is 19.8. The average Bonchev–Trinajstić information content (AvgIpc) is 3.16. The molecule has 0 fully saturated rings. The molecule has 0 bridgehead atoms. The Morgan fingerprint density at radius 2 is 1.36 bits per heavy atom. The number of hydrogen-bond acceptors (Lipinski definition) is 8. The van der Waals surface area contributed by atoms with E-state index in [2.05, 4.69) is 68.6 Å². The van der Waals surface area contributed by atoms with Crippen LogP contribution >= 0.6 is 0 Å². The molecule has 0 aromatic heterocycles. The number of carbonyl (C=O) groups is 1. The van der Waals surface area contributed by atoms with Crippen molar-refractivity contribution in [2.45, 2.75) is 106 Å². The molecule has 8 heteroatoms. The smallest absolute Gasteiger partial charge is 0.333 e. The Hall–Kier alpha value is -3.95. The van der Waals surface area contributed by atoms with Crippen molar-refractivity contribution in [1.29, 1.82) is 0 Å². The fourth-order valence-electron chi connectivity index (χ4n) is 6.39. The third-order valence-electron chi connectivity index (χ3n) is 10.5. The van der Waals surface area contributed by atoms with Gasteiger partial charge in [-0.1, -0.05) is 96.2 Å². The highest BCUT2D eigenvalue weighted by molar-refractivity contribution is 5.86. The summed E-state index contributed by atoms with van der Waals surface area (Å²) in [4.78, 5) is 12.0. The van der Waals surface area contributed by atoms with Crippen LogP contribution in [0.1, 0.15) is 95.9 Å². The average molecular weight is 759 g/mol. The number of esters is 1. The van der Waals surface area contributed by atoms with Gasteiger partial charge >= 0.3 is 5.97 Å². The lowest BCUT2D eigenvalue weighted by molar-refractivity contribution is -0.139. The Balaban J connectivity index is 1.87. The van der Waals surface area contributed by atoms with Crippen molar-refractivity contribution in [3.63, 3.8) is 0 Å². The largest absolute Gasteiger partial charge is 0.493 e. The van der Waals surface area contributed by atoms with Crippen LogP contribution < -0.4 is 9.47 Å². The molecule has 3 rings (SSSR count). The zero-order valence-electron chi connectivity index (χ0n) is 34.3. The number of ether oxygens (including phenoxy) is 4. The quantitative estimate of drug-likeness (QED) is 0.0258. The van der Waals surface area contributed by atoms with Crippen LogP contribution in [0.2, 0.25) is 0 Å². The van der Waals surface area contributed by atoms with Crippen LogP contribution in [0.15, 0.2) is 85.0 Å². The number of carbonyl (C=O) groups excluding carboxylic acids is 1. The summed E-state index contributed by atoms with van der Waals surface area (Å²) in [7, 11) is 0. The van der Waals surface area contributed by atoms with E-state index in [0.717, 1.165) is 41.5 Å². The summed E-state index contributed by atoms with van der Waals surface area (Å²) in [5.74, 6) is 0.911. The zero-order chi connectivity index (χ0) is 40.4. The van der Waals surface area contributed by atoms with Crippen molar-refractivity contribution >= 4 is 5.97 Å². The normalized spacial score (nSPS) is 12.3. The van der Waals surface area contributed by atoms with Gasteiger partial charge in [0.2, 0.25) is 0 Å². The van der Waals surface area contributed by atoms with Crippen LogP contribution in [0, 0.1) is 10.8 Å². The standard InChI is InChI=1S/C47H66O8/c1-9-10-11-13-36-14-16-37(17-15-36)18-19-38-20-22-41(43(30-38)53-28-29-55-45(51)35(4)5)39-21-23-42(40(31-39)24-27-54-44(50)34(2)3)52-26-12-25-47(32-48,33-49)46(6,7)8/h14-17,20-23,30-31,44,48-50H,2,4,9-13,18-19,24-29,32-33H2,1,3,5-8H3. The Kier molecular flexibility index (Phi) is 18.6. The number of aryl methyl sites for hydroxylation is 3. The molecule has 0 saturated heterocycles. The first-order valence-electron chi connectivity index (χ1n) is 19.8. The molecule has 0 spiro atoms. The molecule has 0 saturated carbocycles. The highest BCUT2D eigenvalue weighted by Crippen LogP contribution is 2.42. The first kappa shape index (κ1) is 45.4. The molecule has 8 nitrogen and oxygen atoms in total. The second kappa shape index (κ2) is 22.6. The van der Waals surface area contributed by atoms with Gasteiger partial charge in [-0.05, 0) is 116 Å². The van der Waals surface area contributed by atoms with Crippen LogP contribution in [-0.4, -0.2) is 67.2 Å². The molecule has 55 heavy (non-hydrogen) atoms. The van der Waals surface area contributed by atoms with Crippen LogP contribution in [-0.2, 0) is 40.0 Å². The van der Waals surface area contributed by atoms with Gasteiger partial charge in [-0.2, -0.15) is 0 Å². The summed E-state index contributed by atoms with van der Waals surface area (Å²) in [5.41, 5.74) is 6.42. The van der Waals surface area contributed by atoms with Crippen LogP contribution in [0.5, 0.6) is 11.5 Å². The van der Waals surface area contributed by atoms with Gasteiger partial charge in [0.1, 0.15) is 24.7 Å². The van der Waals surface area contributed by atoms with E-state index in [1.807, 2.05) is 32.9 Å². The van der Waals surface area contributed by atoms with E-state index in [1.54, 1.807) is 13.8 Å². The highest BCUT2D eigenvalue weighted by atomic mass is 16.6. The predicted molar refractivity (Wildman–Crippen MR) is 221 cm³/mol. The predicted octanol–water partition coefficient (Wildman–Crippen LogP) is 9.00. The Labute approximate surface area is 330 Å². The lowest BCUT2D eigenvalue weighted by Gasteiger charge is -2.42. The van der Waals surface area contributed by atoms with E-state index in [-0.39, 0.29) is 38.4 Å². The zero-order valence-corrected chi connectivity index (χ0v) is 34.3. The molecule has 3 N–H and O–H groups in total. The summed E-state index contributed by atoms with van der Waals surface area (Å²) < 4.78 is 23.6. The van der Waals surface area contributed by atoms with E-state index in [9.17, 15) is 20.1 Å². The minimum absolute atomic E-state index is 0.0867. The van der Waals surface area contributed by atoms with Crippen molar-refractivity contribution in [2.24, 2.45) is 10.8 Å². The van der Waals surface area contributed by atoms with E-state index in [4.69, 9.17) is 18.9 Å². The molecule has 3 aromatic carbocycles.